The summed E-state index contributed by atoms with van der Waals surface area (Å²) in [6.45, 7) is 5.54. The molecule has 0 saturated heterocycles. The number of fused-ring (bicyclic) bond motifs is 1. The maximum Gasteiger partial charge on any atom is 0.283 e. The van der Waals surface area contributed by atoms with Crippen LogP contribution in [0, 0.1) is 23.0 Å². The van der Waals surface area contributed by atoms with Crippen LogP contribution >= 0.6 is 9.24 Å². The third-order valence-electron chi connectivity index (χ3n) is 5.24. The predicted molar refractivity (Wildman–Crippen MR) is 114 cm³/mol. The van der Waals surface area contributed by atoms with Gasteiger partial charge in [-0.1, -0.05) is 46.5 Å². The smallest absolute Gasteiger partial charge is 0.283 e. The molecule has 0 fully saturated rings. The number of nitriles is 1. The van der Waals surface area contributed by atoms with E-state index in [0.717, 1.165) is 12.1 Å². The number of allylic oxidation sites excluding steroid dienone is 3. The molecule has 0 saturated carbocycles. The SMILES string of the molecule is CCC=C1C(C#N)=CN(C(C)(C)c2ccc(C(F)(F)P)cc2)c2cc(F)c(F)cc21. The van der Waals surface area contributed by atoms with E-state index in [-0.39, 0.29) is 5.56 Å². The van der Waals surface area contributed by atoms with E-state index < -0.39 is 22.8 Å². The van der Waals surface area contributed by atoms with E-state index in [9.17, 15) is 22.8 Å². The van der Waals surface area contributed by atoms with Crippen molar-refractivity contribution in [1.29, 1.82) is 5.26 Å². The fourth-order valence-corrected chi connectivity index (χ4v) is 3.77. The number of hydrogen-bond donors (Lipinski definition) is 0. The largest absolute Gasteiger partial charge is 0.336 e. The minimum atomic E-state index is -3.05. The standard InChI is InChI=1S/C23H21F4N2P/c1-4-5-17-14(12-28)13-29(21-11-20(25)19(24)10-18(17)21)22(2,3)15-6-8-16(9-7-15)23(26,27)30/h5-11,13H,4,30H2,1-3H3. The maximum absolute atomic E-state index is 14.2. The number of halogens is 4. The van der Waals surface area contributed by atoms with Crippen LogP contribution in [0.2, 0.25) is 0 Å². The van der Waals surface area contributed by atoms with Gasteiger partial charge >= 0.3 is 0 Å². The zero-order chi connectivity index (χ0) is 22.3. The fourth-order valence-electron chi connectivity index (χ4n) is 3.58. The molecule has 1 aliphatic heterocycles. The average molecular weight is 432 g/mol. The van der Waals surface area contributed by atoms with Crippen LogP contribution in [0.15, 0.2) is 54.2 Å². The molecule has 2 aromatic rings. The van der Waals surface area contributed by atoms with Gasteiger partial charge in [-0.05, 0) is 37.5 Å². The van der Waals surface area contributed by atoms with Gasteiger partial charge in [-0.3, -0.25) is 0 Å². The summed E-state index contributed by atoms with van der Waals surface area (Å²) in [5.74, 6) is -2.00. The first-order valence-electron chi connectivity index (χ1n) is 9.39. The Labute approximate surface area is 175 Å². The van der Waals surface area contributed by atoms with Gasteiger partial charge in [-0.25, -0.2) is 8.78 Å². The third kappa shape index (κ3) is 3.87. The Kier molecular flexibility index (Phi) is 5.80. The van der Waals surface area contributed by atoms with Crippen LogP contribution in [0.25, 0.3) is 5.57 Å². The normalized spacial score (nSPS) is 15.6. The fraction of sp³-hybridized carbons (Fsp3) is 0.261. The highest BCUT2D eigenvalue weighted by Gasteiger charge is 2.35. The van der Waals surface area contributed by atoms with Crippen molar-refractivity contribution >= 4 is 20.5 Å². The number of hydrogen-bond acceptors (Lipinski definition) is 2. The molecule has 0 bridgehead atoms. The van der Waals surface area contributed by atoms with Crippen molar-refractivity contribution < 1.29 is 17.6 Å². The Balaban J connectivity index is 2.19. The predicted octanol–water partition coefficient (Wildman–Crippen LogP) is 6.85. The van der Waals surface area contributed by atoms with E-state index in [1.54, 1.807) is 29.3 Å². The first-order valence-corrected chi connectivity index (χ1v) is 9.97. The summed E-state index contributed by atoms with van der Waals surface area (Å²) in [7, 11) is 1.50. The molecule has 0 radical (unpaired) electrons. The van der Waals surface area contributed by atoms with Gasteiger partial charge < -0.3 is 4.90 Å². The highest BCUT2D eigenvalue weighted by molar-refractivity contribution is 7.17. The summed E-state index contributed by atoms with van der Waals surface area (Å²) < 4.78 is 55.3. The minimum absolute atomic E-state index is 0.152. The van der Waals surface area contributed by atoms with Crippen molar-refractivity contribution in [3.63, 3.8) is 0 Å². The first kappa shape index (κ1) is 22.1. The van der Waals surface area contributed by atoms with E-state index in [0.29, 0.717) is 34.4 Å². The Hall–Kier alpha value is -2.64. The van der Waals surface area contributed by atoms with E-state index in [1.807, 2.05) is 20.8 Å². The highest BCUT2D eigenvalue weighted by atomic mass is 31.0. The summed E-state index contributed by atoms with van der Waals surface area (Å²) in [5.41, 5.74) is -1.69. The number of alkyl halides is 2. The molecule has 0 N–H and O–H groups in total. The zero-order valence-electron chi connectivity index (χ0n) is 16.8. The van der Waals surface area contributed by atoms with Crippen molar-refractivity contribution in [3.8, 4) is 6.07 Å². The second-order valence-corrected chi connectivity index (χ2v) is 8.32. The molecule has 0 aliphatic carbocycles. The van der Waals surface area contributed by atoms with Crippen molar-refractivity contribution in [2.24, 2.45) is 0 Å². The van der Waals surface area contributed by atoms with Crippen molar-refractivity contribution in [3.05, 3.63) is 82.6 Å². The Bertz CT molecular complexity index is 1070. The second kappa shape index (κ2) is 7.89. The first-order chi connectivity index (χ1) is 14.0. The second-order valence-electron chi connectivity index (χ2n) is 7.59. The lowest BCUT2D eigenvalue weighted by Gasteiger charge is -2.42. The van der Waals surface area contributed by atoms with Crippen LogP contribution in [0.1, 0.15) is 43.9 Å². The molecule has 1 atom stereocenters. The highest BCUT2D eigenvalue weighted by Crippen LogP contribution is 2.45. The Morgan fingerprint density at radius 3 is 2.17 bits per heavy atom. The van der Waals surface area contributed by atoms with Gasteiger partial charge in [0.15, 0.2) is 11.6 Å². The molecule has 2 aromatic carbocycles. The van der Waals surface area contributed by atoms with Crippen molar-refractivity contribution in [2.45, 2.75) is 38.4 Å². The van der Waals surface area contributed by atoms with Crippen LogP contribution in [-0.2, 0) is 11.2 Å². The molecule has 0 spiro atoms. The van der Waals surface area contributed by atoms with Gasteiger partial charge in [-0.2, -0.15) is 14.0 Å². The van der Waals surface area contributed by atoms with Crippen LogP contribution in [0.4, 0.5) is 23.2 Å². The molecule has 30 heavy (non-hydrogen) atoms. The van der Waals surface area contributed by atoms with Gasteiger partial charge in [0.2, 0.25) is 0 Å². The summed E-state index contributed by atoms with van der Waals surface area (Å²) in [6.07, 6.45) is 4.01. The molecule has 2 nitrogen and oxygen atoms in total. The molecule has 7 heteroatoms. The summed E-state index contributed by atoms with van der Waals surface area (Å²) >= 11 is 0. The average Bonchev–Trinajstić information content (AvgIpc) is 2.69. The molecule has 0 amide bonds. The molecule has 1 unspecified atom stereocenters. The molecule has 1 aliphatic rings. The van der Waals surface area contributed by atoms with Gasteiger partial charge in [-0.15, -0.1) is 0 Å². The topological polar surface area (TPSA) is 27.0 Å². The van der Waals surface area contributed by atoms with Crippen molar-refractivity contribution in [1.82, 2.24) is 0 Å². The monoisotopic (exact) mass is 432 g/mol. The summed E-state index contributed by atoms with van der Waals surface area (Å²) in [5, 5.41) is 9.68. The van der Waals surface area contributed by atoms with Crippen LogP contribution in [0.3, 0.4) is 0 Å². The number of anilines is 1. The van der Waals surface area contributed by atoms with Crippen LogP contribution in [0.5, 0.6) is 0 Å². The van der Waals surface area contributed by atoms with E-state index in [1.165, 1.54) is 21.4 Å². The quantitative estimate of drug-likeness (QED) is 0.390. The minimum Gasteiger partial charge on any atom is -0.336 e. The number of rotatable bonds is 4. The zero-order valence-corrected chi connectivity index (χ0v) is 18.0. The van der Waals surface area contributed by atoms with E-state index in [4.69, 9.17) is 0 Å². The van der Waals surface area contributed by atoms with Gasteiger partial charge in [0, 0.05) is 23.4 Å². The van der Waals surface area contributed by atoms with Gasteiger partial charge in [0.05, 0.1) is 16.8 Å². The van der Waals surface area contributed by atoms with Gasteiger partial charge in [0.25, 0.3) is 5.66 Å². The van der Waals surface area contributed by atoms with E-state index in [2.05, 4.69) is 6.07 Å². The summed E-state index contributed by atoms with van der Waals surface area (Å²) in [6, 6.07) is 10.1. The van der Waals surface area contributed by atoms with E-state index >= 15 is 0 Å². The molecule has 3 rings (SSSR count). The maximum atomic E-state index is 14.2. The lowest BCUT2D eigenvalue weighted by atomic mass is 9.86. The Morgan fingerprint density at radius 1 is 1.07 bits per heavy atom. The van der Waals surface area contributed by atoms with Crippen LogP contribution < -0.4 is 4.90 Å². The molecule has 1 heterocycles. The lowest BCUT2D eigenvalue weighted by molar-refractivity contribution is 0.104. The number of nitrogens with zero attached hydrogens (tertiary/aromatic N) is 2. The molecular weight excluding hydrogens is 411 g/mol. The Morgan fingerprint density at radius 2 is 1.63 bits per heavy atom. The van der Waals surface area contributed by atoms with Gasteiger partial charge in [0.1, 0.15) is 6.07 Å². The molecule has 0 aromatic heterocycles. The molecular formula is C23H21F4N2P. The summed E-state index contributed by atoms with van der Waals surface area (Å²) in [4.78, 5) is 1.68. The third-order valence-corrected chi connectivity index (χ3v) is 5.58. The van der Waals surface area contributed by atoms with Crippen molar-refractivity contribution in [2.75, 3.05) is 4.90 Å². The molecule has 156 valence electrons. The van der Waals surface area contributed by atoms with Crippen LogP contribution in [-0.4, -0.2) is 0 Å². The number of benzene rings is 2. The lowest BCUT2D eigenvalue weighted by Crippen LogP contribution is -2.40.